The van der Waals surface area contributed by atoms with Gasteiger partial charge in [-0.1, -0.05) is 54.1 Å². The van der Waals surface area contributed by atoms with Crippen LogP contribution in [0.4, 0.5) is 0 Å². The molecule has 5 rings (SSSR count). The van der Waals surface area contributed by atoms with E-state index in [1.165, 1.54) is 5.56 Å². The molecule has 3 aromatic carbocycles. The molecule has 1 saturated heterocycles. The first-order valence-corrected chi connectivity index (χ1v) is 13.6. The second-order valence-corrected chi connectivity index (χ2v) is 10.3. The molecule has 1 fully saturated rings. The quantitative estimate of drug-likeness (QED) is 0.229. The molecule has 4 aromatic rings. The summed E-state index contributed by atoms with van der Waals surface area (Å²) in [6.45, 7) is 6.58. The predicted octanol–water partition coefficient (Wildman–Crippen LogP) is 4.72. The summed E-state index contributed by atoms with van der Waals surface area (Å²) < 4.78 is 11.5. The van der Waals surface area contributed by atoms with Crippen LogP contribution in [0.2, 0.25) is 5.02 Å². The molecule has 1 aliphatic heterocycles. The average Bonchev–Trinajstić information content (AvgIpc) is 2.93. The number of piperazine rings is 1. The van der Waals surface area contributed by atoms with Gasteiger partial charge in [-0.05, 0) is 53.8 Å². The number of hydrogen-bond acceptors (Lipinski definition) is 6. The van der Waals surface area contributed by atoms with E-state index in [0.29, 0.717) is 35.3 Å². The van der Waals surface area contributed by atoms with Crippen LogP contribution < -0.4 is 16.1 Å². The van der Waals surface area contributed by atoms with E-state index in [9.17, 15) is 9.59 Å². The van der Waals surface area contributed by atoms with Gasteiger partial charge in [-0.2, -0.15) is 0 Å². The molecule has 0 radical (unpaired) electrons. The summed E-state index contributed by atoms with van der Waals surface area (Å²) in [6, 6.07) is 23.1. The Morgan fingerprint density at radius 3 is 2.36 bits per heavy atom. The van der Waals surface area contributed by atoms with Crippen molar-refractivity contribution in [2.45, 2.75) is 19.4 Å². The number of halogens is 1. The Hall–Kier alpha value is -3.65. The number of carbonyl (C=O) groups is 1. The summed E-state index contributed by atoms with van der Waals surface area (Å²) in [5, 5.41) is 1.44. The number of nitrogens with zero attached hydrogens (tertiary/aromatic N) is 2. The Morgan fingerprint density at radius 2 is 1.64 bits per heavy atom. The molecular formula is C31H32ClN3O4. The first kappa shape index (κ1) is 26.9. The van der Waals surface area contributed by atoms with Gasteiger partial charge >= 0.3 is 5.63 Å². The Bertz CT molecular complexity index is 1480. The molecular weight excluding hydrogens is 514 g/mol. The molecule has 0 bridgehead atoms. The van der Waals surface area contributed by atoms with E-state index >= 15 is 0 Å². The van der Waals surface area contributed by atoms with Gasteiger partial charge in [-0.3, -0.25) is 9.69 Å². The Balaban J connectivity index is 1.16. The monoisotopic (exact) mass is 545 g/mol. The molecule has 2 heterocycles. The van der Waals surface area contributed by atoms with E-state index in [2.05, 4.69) is 21.9 Å². The third-order valence-electron chi connectivity index (χ3n) is 7.13. The van der Waals surface area contributed by atoms with Crippen molar-refractivity contribution in [2.24, 2.45) is 5.73 Å². The molecule has 8 heteroatoms. The third-order valence-corrected chi connectivity index (χ3v) is 7.38. The van der Waals surface area contributed by atoms with Gasteiger partial charge in [0, 0.05) is 55.7 Å². The van der Waals surface area contributed by atoms with Crippen molar-refractivity contribution in [3.05, 3.63) is 110 Å². The van der Waals surface area contributed by atoms with Crippen molar-refractivity contribution in [1.82, 2.24) is 9.80 Å². The highest BCUT2D eigenvalue weighted by atomic mass is 35.5. The third kappa shape index (κ3) is 6.87. The van der Waals surface area contributed by atoms with Gasteiger partial charge in [0.05, 0.1) is 6.61 Å². The van der Waals surface area contributed by atoms with Gasteiger partial charge in [0.25, 0.3) is 5.91 Å². The molecule has 1 aliphatic rings. The van der Waals surface area contributed by atoms with Crippen molar-refractivity contribution in [2.75, 3.05) is 39.3 Å². The van der Waals surface area contributed by atoms with Crippen LogP contribution in [-0.2, 0) is 13.0 Å². The molecule has 0 saturated carbocycles. The second-order valence-electron chi connectivity index (χ2n) is 9.87. The lowest BCUT2D eigenvalue weighted by molar-refractivity contribution is 0.0996. The molecule has 0 aliphatic carbocycles. The number of carbonyl (C=O) groups excluding carboxylic acids is 1. The van der Waals surface area contributed by atoms with Crippen LogP contribution >= 0.6 is 11.6 Å². The minimum Gasteiger partial charge on any atom is -0.493 e. The van der Waals surface area contributed by atoms with Crippen LogP contribution in [0.3, 0.4) is 0 Å². The number of nitrogens with two attached hydrogens (primary N) is 1. The second kappa shape index (κ2) is 12.5. The fourth-order valence-corrected chi connectivity index (χ4v) is 5.19. The van der Waals surface area contributed by atoms with Gasteiger partial charge in [-0.25, -0.2) is 4.79 Å². The molecule has 0 spiro atoms. The van der Waals surface area contributed by atoms with Gasteiger partial charge in [0.15, 0.2) is 0 Å². The zero-order valence-electron chi connectivity index (χ0n) is 21.8. The van der Waals surface area contributed by atoms with Crippen molar-refractivity contribution >= 4 is 28.5 Å². The summed E-state index contributed by atoms with van der Waals surface area (Å²) >= 11 is 5.99. The molecule has 2 N–H and O–H groups in total. The van der Waals surface area contributed by atoms with E-state index in [1.54, 1.807) is 6.07 Å². The summed E-state index contributed by atoms with van der Waals surface area (Å²) in [6.07, 6.45) is 1.29. The standard InChI is InChI=1S/C31H32ClN3O4/c32-24-9-7-23(8-10-24)21-35-16-14-34(15-17-35)13-4-18-38-25-11-12-26-27(19-22-5-2-1-3-6-22)29(30(33)36)31(37)39-28(26)20-25/h1-3,5-12,20H,4,13-19,21H2,(H2,33,36). The highest BCUT2D eigenvalue weighted by Gasteiger charge is 2.20. The fraction of sp³-hybridized carbons (Fsp3) is 0.290. The molecule has 1 amide bonds. The van der Waals surface area contributed by atoms with E-state index in [-0.39, 0.29) is 5.56 Å². The van der Waals surface area contributed by atoms with Gasteiger partial charge in [0.2, 0.25) is 0 Å². The number of amides is 1. The van der Waals surface area contributed by atoms with Crippen LogP contribution in [0, 0.1) is 0 Å². The lowest BCUT2D eigenvalue weighted by atomic mass is 9.97. The number of fused-ring (bicyclic) bond motifs is 1. The van der Waals surface area contributed by atoms with Crippen LogP contribution in [0.5, 0.6) is 5.75 Å². The summed E-state index contributed by atoms with van der Waals surface area (Å²) in [5.74, 6) is -0.168. The molecule has 202 valence electrons. The topological polar surface area (TPSA) is 89.0 Å². The lowest BCUT2D eigenvalue weighted by Crippen LogP contribution is -2.46. The van der Waals surface area contributed by atoms with Gasteiger partial charge in [-0.15, -0.1) is 0 Å². The van der Waals surface area contributed by atoms with Crippen LogP contribution in [-0.4, -0.2) is 55.0 Å². The summed E-state index contributed by atoms with van der Waals surface area (Å²) in [5.41, 5.74) is 7.92. The number of primary amides is 1. The van der Waals surface area contributed by atoms with Crippen molar-refractivity contribution in [3.8, 4) is 5.75 Å². The molecule has 1 aromatic heterocycles. The fourth-order valence-electron chi connectivity index (χ4n) is 5.07. The van der Waals surface area contributed by atoms with Gasteiger partial charge < -0.3 is 19.8 Å². The number of hydrogen-bond donors (Lipinski definition) is 1. The zero-order valence-corrected chi connectivity index (χ0v) is 22.5. The molecule has 7 nitrogen and oxygen atoms in total. The molecule has 0 unspecified atom stereocenters. The number of rotatable bonds is 10. The Morgan fingerprint density at radius 1 is 0.923 bits per heavy atom. The highest BCUT2D eigenvalue weighted by molar-refractivity contribution is 6.30. The van der Waals surface area contributed by atoms with E-state index in [0.717, 1.165) is 56.3 Å². The van der Waals surface area contributed by atoms with Crippen molar-refractivity contribution in [3.63, 3.8) is 0 Å². The Kier molecular flexibility index (Phi) is 8.61. The minimum atomic E-state index is -0.789. The largest absolute Gasteiger partial charge is 0.493 e. The maximum absolute atomic E-state index is 12.6. The zero-order chi connectivity index (χ0) is 27.2. The number of ether oxygens (including phenoxy) is 1. The van der Waals surface area contributed by atoms with E-state index < -0.39 is 11.5 Å². The maximum atomic E-state index is 12.6. The average molecular weight is 546 g/mol. The van der Waals surface area contributed by atoms with E-state index in [4.69, 9.17) is 26.5 Å². The van der Waals surface area contributed by atoms with Crippen LogP contribution in [0.1, 0.15) is 33.5 Å². The molecule has 0 atom stereocenters. The predicted molar refractivity (Wildman–Crippen MR) is 154 cm³/mol. The van der Waals surface area contributed by atoms with Crippen LogP contribution in [0.15, 0.2) is 82.0 Å². The van der Waals surface area contributed by atoms with Crippen molar-refractivity contribution < 1.29 is 13.9 Å². The smallest absolute Gasteiger partial charge is 0.349 e. The van der Waals surface area contributed by atoms with Gasteiger partial charge in [0.1, 0.15) is 16.9 Å². The lowest BCUT2D eigenvalue weighted by Gasteiger charge is -2.34. The summed E-state index contributed by atoms with van der Waals surface area (Å²) in [7, 11) is 0. The normalized spacial score (nSPS) is 14.5. The first-order chi connectivity index (χ1) is 19.0. The van der Waals surface area contributed by atoms with E-state index in [1.807, 2.05) is 54.6 Å². The summed E-state index contributed by atoms with van der Waals surface area (Å²) in [4.78, 5) is 29.7. The minimum absolute atomic E-state index is 0.103. The number of benzene rings is 3. The first-order valence-electron chi connectivity index (χ1n) is 13.2. The molecule has 39 heavy (non-hydrogen) atoms. The maximum Gasteiger partial charge on any atom is 0.349 e. The van der Waals surface area contributed by atoms with Crippen LogP contribution in [0.25, 0.3) is 11.0 Å². The SMILES string of the molecule is NC(=O)c1c(Cc2ccccc2)c2ccc(OCCCN3CCN(Cc4ccc(Cl)cc4)CC3)cc2oc1=O. The van der Waals surface area contributed by atoms with Crippen molar-refractivity contribution in [1.29, 1.82) is 0 Å². The highest BCUT2D eigenvalue weighted by Crippen LogP contribution is 2.27. The Labute approximate surface area is 232 Å².